The Kier molecular flexibility index (Phi) is 3.62. The molecule has 1 aromatic heterocycles. The van der Waals surface area contributed by atoms with Crippen LogP contribution in [-0.2, 0) is 6.42 Å². The molecule has 94 valence electrons. The van der Waals surface area contributed by atoms with Gasteiger partial charge in [-0.15, -0.1) is 0 Å². The van der Waals surface area contributed by atoms with E-state index in [1.54, 1.807) is 31.4 Å². The topological polar surface area (TPSA) is 67.0 Å². The number of ether oxygens (including phenoxy) is 1. The normalized spacial score (nSPS) is 10.1. The molecule has 2 N–H and O–H groups in total. The summed E-state index contributed by atoms with van der Waals surface area (Å²) < 4.78 is 5.04. The summed E-state index contributed by atoms with van der Waals surface area (Å²) in [6.07, 6.45) is 0.853. The zero-order valence-electron chi connectivity index (χ0n) is 10.4. The van der Waals surface area contributed by atoms with Crippen molar-refractivity contribution in [3.63, 3.8) is 0 Å². The van der Waals surface area contributed by atoms with Crippen LogP contribution < -0.4 is 10.1 Å². The summed E-state index contributed by atoms with van der Waals surface area (Å²) in [5.74, 6) is 1.07. The molecule has 0 spiro atoms. The molecule has 5 heteroatoms. The van der Waals surface area contributed by atoms with Crippen LogP contribution >= 0.6 is 0 Å². The van der Waals surface area contributed by atoms with Crippen molar-refractivity contribution in [2.24, 2.45) is 0 Å². The summed E-state index contributed by atoms with van der Waals surface area (Å²) in [6.45, 7) is 2.02. The fourth-order valence-corrected chi connectivity index (χ4v) is 1.54. The SMILES string of the molecule is CCc1cc(NC(=O)c2ccc(OC)cc2)n[nH]1. The Morgan fingerprint density at radius 2 is 2.11 bits per heavy atom. The summed E-state index contributed by atoms with van der Waals surface area (Å²) in [6, 6.07) is 8.73. The van der Waals surface area contributed by atoms with Crippen molar-refractivity contribution in [2.45, 2.75) is 13.3 Å². The first-order valence-electron chi connectivity index (χ1n) is 5.72. The van der Waals surface area contributed by atoms with Gasteiger partial charge in [0.1, 0.15) is 5.75 Å². The van der Waals surface area contributed by atoms with E-state index in [1.165, 1.54) is 0 Å². The minimum atomic E-state index is -0.188. The van der Waals surface area contributed by atoms with E-state index >= 15 is 0 Å². The fourth-order valence-electron chi connectivity index (χ4n) is 1.54. The van der Waals surface area contributed by atoms with Gasteiger partial charge in [-0.25, -0.2) is 0 Å². The van der Waals surface area contributed by atoms with Crippen molar-refractivity contribution in [1.82, 2.24) is 10.2 Å². The second kappa shape index (κ2) is 5.35. The van der Waals surface area contributed by atoms with E-state index in [0.717, 1.165) is 17.9 Å². The molecule has 0 bridgehead atoms. The van der Waals surface area contributed by atoms with E-state index in [-0.39, 0.29) is 5.91 Å². The van der Waals surface area contributed by atoms with Crippen molar-refractivity contribution in [1.29, 1.82) is 0 Å². The van der Waals surface area contributed by atoms with E-state index in [4.69, 9.17) is 4.74 Å². The number of benzene rings is 1. The smallest absolute Gasteiger partial charge is 0.256 e. The predicted octanol–water partition coefficient (Wildman–Crippen LogP) is 2.23. The first-order chi connectivity index (χ1) is 8.72. The predicted molar refractivity (Wildman–Crippen MR) is 68.9 cm³/mol. The van der Waals surface area contributed by atoms with Crippen LogP contribution in [0.2, 0.25) is 0 Å². The quantitative estimate of drug-likeness (QED) is 0.868. The van der Waals surface area contributed by atoms with Crippen LogP contribution in [0, 0.1) is 0 Å². The lowest BCUT2D eigenvalue weighted by molar-refractivity contribution is 0.102. The third-order valence-corrected chi connectivity index (χ3v) is 2.61. The molecule has 0 atom stereocenters. The first kappa shape index (κ1) is 12.2. The van der Waals surface area contributed by atoms with Crippen LogP contribution in [0.15, 0.2) is 30.3 Å². The highest BCUT2D eigenvalue weighted by molar-refractivity contribution is 6.03. The lowest BCUT2D eigenvalue weighted by Crippen LogP contribution is -2.11. The minimum Gasteiger partial charge on any atom is -0.497 e. The number of anilines is 1. The highest BCUT2D eigenvalue weighted by Crippen LogP contribution is 2.13. The van der Waals surface area contributed by atoms with Crippen LogP contribution in [0.1, 0.15) is 23.0 Å². The Hall–Kier alpha value is -2.30. The van der Waals surface area contributed by atoms with Crippen LogP contribution in [0.4, 0.5) is 5.82 Å². The van der Waals surface area contributed by atoms with Gasteiger partial charge in [0.05, 0.1) is 7.11 Å². The number of nitrogens with one attached hydrogen (secondary N) is 2. The van der Waals surface area contributed by atoms with Crippen molar-refractivity contribution < 1.29 is 9.53 Å². The summed E-state index contributed by atoms with van der Waals surface area (Å²) in [5, 5.41) is 9.58. The standard InChI is InChI=1S/C13H15N3O2/c1-3-10-8-12(16-15-10)14-13(17)9-4-6-11(18-2)7-5-9/h4-8H,3H2,1-2H3,(H2,14,15,16,17). The molecule has 5 nitrogen and oxygen atoms in total. The van der Waals surface area contributed by atoms with Gasteiger partial charge in [0.2, 0.25) is 0 Å². The maximum absolute atomic E-state index is 11.9. The largest absolute Gasteiger partial charge is 0.497 e. The maximum Gasteiger partial charge on any atom is 0.256 e. The summed E-state index contributed by atoms with van der Waals surface area (Å²) in [5.41, 5.74) is 1.55. The highest BCUT2D eigenvalue weighted by atomic mass is 16.5. The monoisotopic (exact) mass is 245 g/mol. The zero-order valence-corrected chi connectivity index (χ0v) is 10.4. The molecule has 0 aliphatic heterocycles. The Morgan fingerprint density at radius 3 is 2.67 bits per heavy atom. The van der Waals surface area contributed by atoms with E-state index in [1.807, 2.05) is 13.0 Å². The molecule has 1 heterocycles. The molecular weight excluding hydrogens is 230 g/mol. The Labute approximate surface area is 105 Å². The van der Waals surface area contributed by atoms with Gasteiger partial charge in [0.25, 0.3) is 5.91 Å². The molecule has 0 unspecified atom stereocenters. The fraction of sp³-hybridized carbons (Fsp3) is 0.231. The molecule has 1 aromatic carbocycles. The van der Waals surface area contributed by atoms with Crippen LogP contribution in [0.3, 0.4) is 0 Å². The van der Waals surface area contributed by atoms with Crippen LogP contribution in [-0.4, -0.2) is 23.2 Å². The lowest BCUT2D eigenvalue weighted by atomic mass is 10.2. The lowest BCUT2D eigenvalue weighted by Gasteiger charge is -2.03. The van der Waals surface area contributed by atoms with E-state index in [2.05, 4.69) is 15.5 Å². The van der Waals surface area contributed by atoms with Gasteiger partial charge < -0.3 is 10.1 Å². The molecule has 18 heavy (non-hydrogen) atoms. The number of H-pyrrole nitrogens is 1. The number of carbonyl (C=O) groups excluding carboxylic acids is 1. The molecule has 0 saturated heterocycles. The van der Waals surface area contributed by atoms with Gasteiger partial charge in [-0.05, 0) is 30.7 Å². The Bertz CT molecular complexity index is 531. The molecule has 0 aliphatic carbocycles. The third kappa shape index (κ3) is 2.68. The third-order valence-electron chi connectivity index (χ3n) is 2.61. The van der Waals surface area contributed by atoms with Crippen LogP contribution in [0.25, 0.3) is 0 Å². The van der Waals surface area contributed by atoms with Crippen molar-refractivity contribution in [3.05, 3.63) is 41.6 Å². The first-order valence-corrected chi connectivity index (χ1v) is 5.72. The average molecular weight is 245 g/mol. The highest BCUT2D eigenvalue weighted by Gasteiger charge is 2.08. The van der Waals surface area contributed by atoms with Gasteiger partial charge in [-0.2, -0.15) is 5.10 Å². The number of rotatable bonds is 4. The average Bonchev–Trinajstić information content (AvgIpc) is 2.86. The number of amides is 1. The Morgan fingerprint density at radius 1 is 1.39 bits per heavy atom. The maximum atomic E-state index is 11.9. The Balaban J connectivity index is 2.06. The van der Waals surface area contributed by atoms with E-state index in [9.17, 15) is 4.79 Å². The molecular formula is C13H15N3O2. The molecule has 0 saturated carbocycles. The van der Waals surface area contributed by atoms with Crippen molar-refractivity contribution in [3.8, 4) is 5.75 Å². The molecule has 0 radical (unpaired) electrons. The second-order valence-electron chi connectivity index (χ2n) is 3.81. The van der Waals surface area contributed by atoms with E-state index < -0.39 is 0 Å². The number of aromatic amines is 1. The van der Waals surface area contributed by atoms with Gasteiger partial charge in [-0.1, -0.05) is 6.92 Å². The summed E-state index contributed by atoms with van der Waals surface area (Å²) in [4.78, 5) is 11.9. The van der Waals surface area contributed by atoms with E-state index in [0.29, 0.717) is 11.4 Å². The van der Waals surface area contributed by atoms with Crippen molar-refractivity contribution in [2.75, 3.05) is 12.4 Å². The van der Waals surface area contributed by atoms with Crippen LogP contribution in [0.5, 0.6) is 5.75 Å². The summed E-state index contributed by atoms with van der Waals surface area (Å²) in [7, 11) is 1.59. The molecule has 2 aromatic rings. The van der Waals surface area contributed by atoms with Crippen molar-refractivity contribution >= 4 is 11.7 Å². The molecule has 0 fully saturated rings. The van der Waals surface area contributed by atoms with Gasteiger partial charge in [-0.3, -0.25) is 9.89 Å². The van der Waals surface area contributed by atoms with Gasteiger partial charge >= 0.3 is 0 Å². The van der Waals surface area contributed by atoms with Gasteiger partial charge in [0, 0.05) is 17.3 Å². The number of carbonyl (C=O) groups is 1. The molecule has 0 aliphatic rings. The zero-order chi connectivity index (χ0) is 13.0. The number of hydrogen-bond acceptors (Lipinski definition) is 3. The number of aryl methyl sites for hydroxylation is 1. The summed E-state index contributed by atoms with van der Waals surface area (Å²) >= 11 is 0. The molecule has 1 amide bonds. The minimum absolute atomic E-state index is 0.188. The number of hydrogen-bond donors (Lipinski definition) is 2. The number of aromatic nitrogens is 2. The number of methoxy groups -OCH3 is 1. The molecule has 2 rings (SSSR count). The van der Waals surface area contributed by atoms with Gasteiger partial charge in [0.15, 0.2) is 5.82 Å². The number of nitrogens with zero attached hydrogens (tertiary/aromatic N) is 1. The second-order valence-corrected chi connectivity index (χ2v) is 3.81.